The summed E-state index contributed by atoms with van der Waals surface area (Å²) in [5.74, 6) is -2.03. The summed E-state index contributed by atoms with van der Waals surface area (Å²) in [5, 5.41) is 0. The predicted molar refractivity (Wildman–Crippen MR) is 103 cm³/mol. The average molecular weight is 425 g/mol. The van der Waals surface area contributed by atoms with Crippen molar-refractivity contribution in [2.24, 2.45) is 4.99 Å². The highest BCUT2D eigenvalue weighted by Crippen LogP contribution is 2.22. The van der Waals surface area contributed by atoms with Gasteiger partial charge >= 0.3 is 0 Å². The minimum atomic E-state index is -3.60. The fourth-order valence-electron chi connectivity index (χ4n) is 2.64. The zero-order chi connectivity index (χ0) is 20.6. The van der Waals surface area contributed by atoms with E-state index in [4.69, 9.17) is 0 Å². The summed E-state index contributed by atoms with van der Waals surface area (Å²) in [5.41, 5.74) is 0.373. The van der Waals surface area contributed by atoms with E-state index >= 15 is 0 Å². The Morgan fingerprint density at radius 3 is 2.39 bits per heavy atom. The number of hydrogen-bond acceptors (Lipinski definition) is 4. The van der Waals surface area contributed by atoms with Crippen LogP contribution in [0.4, 0.5) is 8.78 Å². The third-order valence-corrected chi connectivity index (χ3v) is 6.94. The molecule has 0 aliphatic heterocycles. The van der Waals surface area contributed by atoms with Crippen LogP contribution in [0, 0.1) is 11.6 Å². The highest BCUT2D eigenvalue weighted by Gasteiger charge is 2.18. The van der Waals surface area contributed by atoms with Gasteiger partial charge in [-0.2, -0.15) is 4.99 Å². The highest BCUT2D eigenvalue weighted by atomic mass is 32.2. The van der Waals surface area contributed by atoms with Gasteiger partial charge < -0.3 is 4.57 Å². The van der Waals surface area contributed by atoms with E-state index < -0.39 is 27.6 Å². The topological polar surface area (TPSA) is 71.7 Å². The van der Waals surface area contributed by atoms with Gasteiger partial charge in [0, 0.05) is 32.3 Å². The summed E-state index contributed by atoms with van der Waals surface area (Å²) in [6.45, 7) is 2.11. The first-order chi connectivity index (χ1) is 13.1. The van der Waals surface area contributed by atoms with Gasteiger partial charge in [-0.1, -0.05) is 11.3 Å². The van der Waals surface area contributed by atoms with E-state index in [9.17, 15) is 22.0 Å². The van der Waals surface area contributed by atoms with E-state index in [1.54, 1.807) is 6.92 Å². The van der Waals surface area contributed by atoms with Crippen LogP contribution >= 0.6 is 11.3 Å². The molecule has 0 fully saturated rings. The Balaban J connectivity index is 2.05. The van der Waals surface area contributed by atoms with Crippen molar-refractivity contribution in [1.29, 1.82) is 0 Å². The molecule has 2 aromatic carbocycles. The van der Waals surface area contributed by atoms with Gasteiger partial charge in [-0.25, -0.2) is 21.5 Å². The van der Waals surface area contributed by atoms with Crippen molar-refractivity contribution in [2.45, 2.75) is 18.4 Å². The first-order valence-electron chi connectivity index (χ1n) is 8.25. The van der Waals surface area contributed by atoms with Crippen molar-refractivity contribution in [3.63, 3.8) is 0 Å². The number of nitrogens with zero attached hydrogens (tertiary/aromatic N) is 3. The van der Waals surface area contributed by atoms with E-state index in [0.717, 1.165) is 21.7 Å². The monoisotopic (exact) mass is 425 g/mol. The number of amides is 1. The quantitative estimate of drug-likeness (QED) is 0.645. The first kappa shape index (κ1) is 20.3. The normalized spacial score (nSPS) is 12.9. The standard InChI is InChI=1S/C18H17F2N3O3S2/c1-4-23-16-14(20)9-12(19)10-15(16)27-18(23)21-17(24)11-5-7-13(8-6-11)28(25,26)22(2)3/h5-10H,4H2,1-3H3. The van der Waals surface area contributed by atoms with E-state index in [1.165, 1.54) is 49.0 Å². The second kappa shape index (κ2) is 7.53. The van der Waals surface area contributed by atoms with Crippen molar-refractivity contribution in [3.05, 3.63) is 58.4 Å². The molecule has 0 aliphatic rings. The van der Waals surface area contributed by atoms with Crippen molar-refractivity contribution < 1.29 is 22.0 Å². The molecule has 1 aromatic heterocycles. The molecule has 3 aromatic rings. The summed E-state index contributed by atoms with van der Waals surface area (Å²) < 4.78 is 54.7. The van der Waals surface area contributed by atoms with E-state index in [-0.39, 0.29) is 20.8 Å². The number of rotatable bonds is 4. The fraction of sp³-hybridized carbons (Fsp3) is 0.222. The molecule has 148 valence electrons. The number of halogens is 2. The molecule has 6 nitrogen and oxygen atoms in total. The highest BCUT2D eigenvalue weighted by molar-refractivity contribution is 7.89. The largest absolute Gasteiger partial charge is 0.314 e. The van der Waals surface area contributed by atoms with Crippen LogP contribution < -0.4 is 4.80 Å². The lowest BCUT2D eigenvalue weighted by Crippen LogP contribution is -2.22. The summed E-state index contributed by atoms with van der Waals surface area (Å²) in [6.07, 6.45) is 0. The van der Waals surface area contributed by atoms with Crippen LogP contribution in [0.25, 0.3) is 10.2 Å². The molecule has 0 saturated heterocycles. The minimum Gasteiger partial charge on any atom is -0.314 e. The summed E-state index contributed by atoms with van der Waals surface area (Å²) >= 11 is 1.00. The Kier molecular flexibility index (Phi) is 5.46. The zero-order valence-corrected chi connectivity index (χ0v) is 16.9. The van der Waals surface area contributed by atoms with Gasteiger partial charge in [0.05, 0.1) is 15.1 Å². The van der Waals surface area contributed by atoms with Gasteiger partial charge in [0.2, 0.25) is 10.0 Å². The van der Waals surface area contributed by atoms with Gasteiger partial charge in [0.15, 0.2) is 10.6 Å². The Hall–Kier alpha value is -2.43. The van der Waals surface area contributed by atoms with Crippen LogP contribution in [0.5, 0.6) is 0 Å². The zero-order valence-electron chi connectivity index (χ0n) is 15.3. The van der Waals surface area contributed by atoms with Gasteiger partial charge in [-0.05, 0) is 37.3 Å². The van der Waals surface area contributed by atoms with Crippen molar-refractivity contribution in [2.75, 3.05) is 14.1 Å². The molecule has 10 heteroatoms. The number of fused-ring (bicyclic) bond motifs is 1. The molecule has 3 rings (SSSR count). The Morgan fingerprint density at radius 2 is 1.82 bits per heavy atom. The van der Waals surface area contributed by atoms with Crippen molar-refractivity contribution in [3.8, 4) is 0 Å². The minimum absolute atomic E-state index is 0.0529. The third kappa shape index (κ3) is 3.62. The lowest BCUT2D eigenvalue weighted by Gasteiger charge is -2.11. The van der Waals surface area contributed by atoms with Gasteiger partial charge in [0.25, 0.3) is 5.91 Å². The number of carbonyl (C=O) groups is 1. The van der Waals surface area contributed by atoms with E-state index in [0.29, 0.717) is 11.2 Å². The maximum Gasteiger partial charge on any atom is 0.279 e. The van der Waals surface area contributed by atoms with Gasteiger partial charge in [-0.15, -0.1) is 0 Å². The number of sulfonamides is 1. The Bertz CT molecular complexity index is 1230. The molecule has 0 saturated carbocycles. The molecule has 0 spiro atoms. The van der Waals surface area contributed by atoms with E-state index in [2.05, 4.69) is 4.99 Å². The number of hydrogen-bond donors (Lipinski definition) is 0. The van der Waals surface area contributed by atoms with Crippen LogP contribution in [0.1, 0.15) is 17.3 Å². The van der Waals surface area contributed by atoms with Crippen LogP contribution in [-0.2, 0) is 16.6 Å². The maximum absolute atomic E-state index is 14.1. The van der Waals surface area contributed by atoms with Crippen LogP contribution in [0.3, 0.4) is 0 Å². The average Bonchev–Trinajstić information content (AvgIpc) is 2.98. The van der Waals surface area contributed by atoms with E-state index in [1.807, 2.05) is 0 Å². The second-order valence-electron chi connectivity index (χ2n) is 6.09. The molecule has 0 bridgehead atoms. The number of benzene rings is 2. The molecule has 0 atom stereocenters. The molecular formula is C18H17F2N3O3S2. The number of thiazole rings is 1. The van der Waals surface area contributed by atoms with Crippen molar-refractivity contribution >= 4 is 37.5 Å². The molecule has 1 amide bonds. The Labute approximate surface area is 164 Å². The van der Waals surface area contributed by atoms with Gasteiger partial charge in [-0.3, -0.25) is 4.79 Å². The van der Waals surface area contributed by atoms with Crippen LogP contribution in [0.15, 0.2) is 46.3 Å². The van der Waals surface area contributed by atoms with Gasteiger partial charge in [0.1, 0.15) is 5.82 Å². The molecule has 28 heavy (non-hydrogen) atoms. The lowest BCUT2D eigenvalue weighted by atomic mass is 10.2. The summed E-state index contributed by atoms with van der Waals surface area (Å²) in [7, 11) is -0.776. The van der Waals surface area contributed by atoms with Crippen LogP contribution in [0.2, 0.25) is 0 Å². The molecule has 0 aliphatic carbocycles. The summed E-state index contributed by atoms with van der Waals surface area (Å²) in [4.78, 5) is 16.8. The molecule has 0 unspecified atom stereocenters. The third-order valence-electron chi connectivity index (χ3n) is 4.09. The maximum atomic E-state index is 14.1. The molecule has 1 heterocycles. The number of aromatic nitrogens is 1. The molecular weight excluding hydrogens is 408 g/mol. The fourth-order valence-corrected chi connectivity index (χ4v) is 4.67. The lowest BCUT2D eigenvalue weighted by molar-refractivity contribution is 0.0997. The van der Waals surface area contributed by atoms with Crippen molar-refractivity contribution in [1.82, 2.24) is 8.87 Å². The number of carbonyl (C=O) groups excluding carboxylic acids is 1. The van der Waals surface area contributed by atoms with Crippen LogP contribution in [-0.4, -0.2) is 37.3 Å². The smallest absolute Gasteiger partial charge is 0.279 e. The predicted octanol–water partition coefficient (Wildman–Crippen LogP) is 2.99. The number of aryl methyl sites for hydroxylation is 1. The second-order valence-corrected chi connectivity index (χ2v) is 9.25. The SMILES string of the molecule is CCn1c(=NC(=O)c2ccc(S(=O)(=O)N(C)C)cc2)sc2cc(F)cc(F)c21. The molecule has 0 N–H and O–H groups in total. The Morgan fingerprint density at radius 1 is 1.18 bits per heavy atom. The first-order valence-corrected chi connectivity index (χ1v) is 10.5. The summed E-state index contributed by atoms with van der Waals surface area (Å²) in [6, 6.07) is 7.37. The molecule has 0 radical (unpaired) electrons.